The molecule has 1 unspecified atom stereocenters. The smallest absolute Gasteiger partial charge is 0.254 e. The van der Waals surface area contributed by atoms with Crippen LogP contribution in [0.3, 0.4) is 0 Å². The first-order valence-corrected chi connectivity index (χ1v) is 9.04. The molecule has 1 aromatic carbocycles. The molecule has 122 valence electrons. The van der Waals surface area contributed by atoms with Crippen molar-refractivity contribution in [1.82, 2.24) is 5.32 Å². The van der Waals surface area contributed by atoms with Gasteiger partial charge in [0.15, 0.2) is 9.84 Å². The Morgan fingerprint density at radius 1 is 1.45 bits per heavy atom. The molecule has 0 saturated carbocycles. The molecule has 2 rings (SSSR count). The van der Waals surface area contributed by atoms with Gasteiger partial charge in [0.1, 0.15) is 6.10 Å². The summed E-state index contributed by atoms with van der Waals surface area (Å²) in [7, 11) is -3.16. The van der Waals surface area contributed by atoms with Gasteiger partial charge in [0.2, 0.25) is 0 Å². The summed E-state index contributed by atoms with van der Waals surface area (Å²) < 4.78 is 29.3. The zero-order valence-corrected chi connectivity index (χ0v) is 13.7. The van der Waals surface area contributed by atoms with Gasteiger partial charge in [0.25, 0.3) is 5.91 Å². The summed E-state index contributed by atoms with van der Waals surface area (Å²) in [6, 6.07) is 6.91. The first-order chi connectivity index (χ1) is 10.4. The molecule has 1 fully saturated rings. The van der Waals surface area contributed by atoms with Gasteiger partial charge in [0, 0.05) is 18.8 Å². The molecule has 2 N–H and O–H groups in total. The Balaban J connectivity index is 2.03. The zero-order chi connectivity index (χ0) is 16.2. The van der Waals surface area contributed by atoms with E-state index in [-0.39, 0.29) is 11.7 Å². The molecule has 1 heterocycles. The number of nitrogens with one attached hydrogen (secondary N) is 2. The van der Waals surface area contributed by atoms with Crippen LogP contribution >= 0.6 is 0 Å². The first-order valence-electron chi connectivity index (χ1n) is 7.32. The van der Waals surface area contributed by atoms with Crippen LogP contribution in [0.4, 0.5) is 5.69 Å². The molecule has 1 aromatic rings. The van der Waals surface area contributed by atoms with Gasteiger partial charge in [-0.05, 0) is 31.5 Å². The Kier molecular flexibility index (Phi) is 5.55. The summed E-state index contributed by atoms with van der Waals surface area (Å²) in [4.78, 5) is 12.1. The lowest BCUT2D eigenvalue weighted by atomic mass is 10.2. The molecule has 7 heteroatoms. The monoisotopic (exact) mass is 326 g/mol. The standard InChI is InChI=1S/C15H22N2O4S/c1-11(2)22(19,20)10-12-4-3-5-13(8-12)17-15(18)14-9-16-6-7-21-14/h3-5,8,11,14,16H,6-7,9-10H2,1-2H3,(H,17,18). The number of carbonyl (C=O) groups excluding carboxylic acids is 1. The third-order valence-electron chi connectivity index (χ3n) is 3.50. The Labute approximate surface area is 131 Å². The van der Waals surface area contributed by atoms with E-state index in [0.717, 1.165) is 6.54 Å². The molecule has 0 aromatic heterocycles. The van der Waals surface area contributed by atoms with Crippen molar-refractivity contribution in [1.29, 1.82) is 0 Å². The number of ether oxygens (including phenoxy) is 1. The zero-order valence-electron chi connectivity index (χ0n) is 12.8. The molecule has 1 saturated heterocycles. The van der Waals surface area contributed by atoms with Gasteiger partial charge in [-0.3, -0.25) is 4.79 Å². The molecule has 0 bridgehead atoms. The Hall–Kier alpha value is -1.44. The van der Waals surface area contributed by atoms with Crippen molar-refractivity contribution >= 4 is 21.4 Å². The number of carbonyl (C=O) groups is 1. The van der Waals surface area contributed by atoms with Crippen molar-refractivity contribution in [2.24, 2.45) is 0 Å². The van der Waals surface area contributed by atoms with E-state index in [2.05, 4.69) is 10.6 Å². The summed E-state index contributed by atoms with van der Waals surface area (Å²) in [5.41, 5.74) is 1.24. The molecular formula is C15H22N2O4S. The van der Waals surface area contributed by atoms with Gasteiger partial charge in [-0.25, -0.2) is 8.42 Å². The molecule has 0 radical (unpaired) electrons. The van der Waals surface area contributed by atoms with Gasteiger partial charge in [-0.15, -0.1) is 0 Å². The van der Waals surface area contributed by atoms with Crippen molar-refractivity contribution in [2.75, 3.05) is 25.0 Å². The Morgan fingerprint density at radius 3 is 2.86 bits per heavy atom. The van der Waals surface area contributed by atoms with Crippen LogP contribution in [0.15, 0.2) is 24.3 Å². The van der Waals surface area contributed by atoms with E-state index in [1.807, 2.05) is 0 Å². The van der Waals surface area contributed by atoms with Crippen molar-refractivity contribution in [3.05, 3.63) is 29.8 Å². The minimum absolute atomic E-state index is 0.0319. The molecule has 1 amide bonds. The average Bonchev–Trinajstić information content (AvgIpc) is 2.48. The normalized spacial score (nSPS) is 19.1. The lowest BCUT2D eigenvalue weighted by molar-refractivity contribution is -0.128. The number of hydrogen-bond acceptors (Lipinski definition) is 5. The van der Waals surface area contributed by atoms with Gasteiger partial charge in [-0.2, -0.15) is 0 Å². The lowest BCUT2D eigenvalue weighted by Gasteiger charge is -2.22. The third kappa shape index (κ3) is 4.53. The summed E-state index contributed by atoms with van der Waals surface area (Å²) >= 11 is 0. The minimum Gasteiger partial charge on any atom is -0.366 e. The number of anilines is 1. The van der Waals surface area contributed by atoms with Crippen LogP contribution in [0.5, 0.6) is 0 Å². The molecule has 22 heavy (non-hydrogen) atoms. The molecule has 0 aliphatic carbocycles. The predicted octanol–water partition coefficient (Wildman–Crippen LogP) is 0.937. The lowest BCUT2D eigenvalue weighted by Crippen LogP contribution is -2.45. The van der Waals surface area contributed by atoms with E-state index in [9.17, 15) is 13.2 Å². The SMILES string of the molecule is CC(C)S(=O)(=O)Cc1cccc(NC(=O)C2CNCCO2)c1. The van der Waals surface area contributed by atoms with E-state index in [1.54, 1.807) is 38.1 Å². The van der Waals surface area contributed by atoms with Gasteiger partial charge in [-0.1, -0.05) is 12.1 Å². The number of sulfone groups is 1. The molecule has 1 aliphatic heterocycles. The van der Waals surface area contributed by atoms with Gasteiger partial charge in [0.05, 0.1) is 17.6 Å². The van der Waals surface area contributed by atoms with Crippen molar-refractivity contribution in [3.63, 3.8) is 0 Å². The number of rotatable bonds is 5. The predicted molar refractivity (Wildman–Crippen MR) is 85.4 cm³/mol. The second-order valence-corrected chi connectivity index (χ2v) is 8.17. The van der Waals surface area contributed by atoms with Gasteiger partial charge >= 0.3 is 0 Å². The maximum atomic E-state index is 12.1. The van der Waals surface area contributed by atoms with Gasteiger partial charge < -0.3 is 15.4 Å². The Morgan fingerprint density at radius 2 is 2.23 bits per heavy atom. The first kappa shape index (κ1) is 16.9. The van der Waals surface area contributed by atoms with Crippen molar-refractivity contribution < 1.29 is 17.9 Å². The van der Waals surface area contributed by atoms with Crippen LogP contribution in [0.25, 0.3) is 0 Å². The molecule has 1 aliphatic rings. The van der Waals surface area contributed by atoms with Crippen molar-refractivity contribution in [2.45, 2.75) is 31.0 Å². The number of hydrogen-bond donors (Lipinski definition) is 2. The number of amides is 1. The highest BCUT2D eigenvalue weighted by Gasteiger charge is 2.22. The molecular weight excluding hydrogens is 304 g/mol. The highest BCUT2D eigenvalue weighted by molar-refractivity contribution is 7.91. The maximum Gasteiger partial charge on any atom is 0.254 e. The van der Waals surface area contributed by atoms with E-state index < -0.39 is 21.2 Å². The maximum absolute atomic E-state index is 12.1. The topological polar surface area (TPSA) is 84.5 Å². The summed E-state index contributed by atoms with van der Waals surface area (Å²) in [6.45, 7) is 5.05. The van der Waals surface area contributed by atoms with Crippen LogP contribution in [0, 0.1) is 0 Å². The molecule has 6 nitrogen and oxygen atoms in total. The van der Waals surface area contributed by atoms with E-state index in [0.29, 0.717) is 24.4 Å². The highest BCUT2D eigenvalue weighted by atomic mass is 32.2. The summed E-state index contributed by atoms with van der Waals surface area (Å²) in [5, 5.41) is 5.44. The fraction of sp³-hybridized carbons (Fsp3) is 0.533. The van der Waals surface area contributed by atoms with Crippen LogP contribution in [-0.4, -0.2) is 45.4 Å². The van der Waals surface area contributed by atoms with Crippen LogP contribution in [-0.2, 0) is 25.1 Å². The third-order valence-corrected chi connectivity index (χ3v) is 5.67. The summed E-state index contributed by atoms with van der Waals surface area (Å²) in [5.74, 6) is -0.258. The van der Waals surface area contributed by atoms with Crippen LogP contribution in [0.2, 0.25) is 0 Å². The van der Waals surface area contributed by atoms with Crippen LogP contribution in [0.1, 0.15) is 19.4 Å². The molecule has 1 atom stereocenters. The Bertz CT molecular complexity index is 622. The quantitative estimate of drug-likeness (QED) is 0.841. The number of benzene rings is 1. The average molecular weight is 326 g/mol. The fourth-order valence-electron chi connectivity index (χ4n) is 2.09. The van der Waals surface area contributed by atoms with E-state index in [1.165, 1.54) is 0 Å². The molecule has 0 spiro atoms. The summed E-state index contributed by atoms with van der Waals surface area (Å²) in [6.07, 6.45) is -0.517. The second-order valence-electron chi connectivity index (χ2n) is 5.61. The largest absolute Gasteiger partial charge is 0.366 e. The van der Waals surface area contributed by atoms with Crippen LogP contribution < -0.4 is 10.6 Å². The second kappa shape index (κ2) is 7.21. The number of morpholine rings is 1. The minimum atomic E-state index is -3.16. The van der Waals surface area contributed by atoms with E-state index in [4.69, 9.17) is 4.74 Å². The van der Waals surface area contributed by atoms with E-state index >= 15 is 0 Å². The fourth-order valence-corrected chi connectivity index (χ4v) is 3.07. The highest BCUT2D eigenvalue weighted by Crippen LogP contribution is 2.16. The van der Waals surface area contributed by atoms with Crippen molar-refractivity contribution in [3.8, 4) is 0 Å².